The third-order valence-electron chi connectivity index (χ3n) is 4.03. The van der Waals surface area contributed by atoms with Crippen LogP contribution in [-0.2, 0) is 0 Å². The lowest BCUT2D eigenvalue weighted by atomic mass is 10.2. The van der Waals surface area contributed by atoms with Gasteiger partial charge in [0.1, 0.15) is 22.6 Å². The summed E-state index contributed by atoms with van der Waals surface area (Å²) in [5, 5.41) is 13.3. The second-order valence-electron chi connectivity index (χ2n) is 5.90. The summed E-state index contributed by atoms with van der Waals surface area (Å²) >= 11 is 13.7. The maximum Gasteiger partial charge on any atom is 0.136 e. The maximum atomic E-state index is 9.59. The van der Waals surface area contributed by atoms with Gasteiger partial charge in [-0.15, -0.1) is 11.3 Å². The summed E-state index contributed by atoms with van der Waals surface area (Å²) in [4.78, 5) is 4.59. The van der Waals surface area contributed by atoms with E-state index in [1.165, 1.54) is 11.3 Å². The van der Waals surface area contributed by atoms with Crippen LogP contribution in [0.5, 0.6) is 0 Å². The van der Waals surface area contributed by atoms with Gasteiger partial charge >= 0.3 is 0 Å². The highest BCUT2D eigenvalue weighted by Crippen LogP contribution is 2.33. The molecule has 0 aliphatic rings. The molecular formula is C22H12Cl2N2OS. The molecule has 0 aliphatic heterocycles. The highest BCUT2D eigenvalue weighted by Gasteiger charge is 2.12. The van der Waals surface area contributed by atoms with E-state index in [0.717, 1.165) is 11.3 Å². The Balaban J connectivity index is 1.65. The molecule has 0 unspecified atom stereocenters. The number of nitrogens with zero attached hydrogens (tertiary/aromatic N) is 2. The third-order valence-corrected chi connectivity index (χ3v) is 5.47. The van der Waals surface area contributed by atoms with Crippen molar-refractivity contribution in [2.45, 2.75) is 0 Å². The number of thiazole rings is 1. The van der Waals surface area contributed by atoms with Crippen LogP contribution < -0.4 is 0 Å². The molecule has 6 heteroatoms. The van der Waals surface area contributed by atoms with Crippen LogP contribution in [0.1, 0.15) is 10.8 Å². The van der Waals surface area contributed by atoms with Crippen LogP contribution in [-0.4, -0.2) is 4.98 Å². The molecular weight excluding hydrogens is 411 g/mol. The molecule has 2 heterocycles. The first-order valence-electron chi connectivity index (χ1n) is 8.32. The molecule has 0 amide bonds. The number of aromatic nitrogens is 1. The van der Waals surface area contributed by atoms with E-state index in [9.17, 15) is 5.26 Å². The third kappa shape index (κ3) is 3.88. The van der Waals surface area contributed by atoms with Crippen LogP contribution in [0, 0.1) is 11.3 Å². The first-order chi connectivity index (χ1) is 13.6. The van der Waals surface area contributed by atoms with Gasteiger partial charge in [-0.05, 0) is 30.3 Å². The number of benzene rings is 2. The summed E-state index contributed by atoms with van der Waals surface area (Å²) in [7, 11) is 0. The maximum absolute atomic E-state index is 9.59. The molecule has 3 nitrogen and oxygen atoms in total. The van der Waals surface area contributed by atoms with Gasteiger partial charge in [-0.2, -0.15) is 5.26 Å². The summed E-state index contributed by atoms with van der Waals surface area (Å²) in [6, 6.07) is 20.8. The standard InChI is InChI=1S/C22H12Cl2N2OS/c23-16-6-8-19(24)18(11-16)21-9-7-17(27-21)10-15(12-25)22-26-20(13-28-22)14-4-2-1-3-5-14/h1-11,13H. The number of allylic oxidation sites excluding steroid dienone is 1. The van der Waals surface area contributed by atoms with Crippen molar-refractivity contribution in [3.63, 3.8) is 0 Å². The molecule has 4 aromatic rings. The Morgan fingerprint density at radius 1 is 1.07 bits per heavy atom. The van der Waals surface area contributed by atoms with Crippen molar-refractivity contribution in [1.29, 1.82) is 5.26 Å². The van der Waals surface area contributed by atoms with Gasteiger partial charge < -0.3 is 4.42 Å². The number of rotatable bonds is 4. The van der Waals surface area contributed by atoms with Crippen molar-refractivity contribution in [1.82, 2.24) is 4.98 Å². The van der Waals surface area contributed by atoms with E-state index in [4.69, 9.17) is 27.6 Å². The summed E-state index contributed by atoms with van der Waals surface area (Å²) < 4.78 is 5.86. The van der Waals surface area contributed by atoms with Crippen molar-refractivity contribution in [2.24, 2.45) is 0 Å². The molecule has 0 radical (unpaired) electrons. The highest BCUT2D eigenvalue weighted by atomic mass is 35.5. The van der Waals surface area contributed by atoms with Gasteiger partial charge in [0.2, 0.25) is 0 Å². The van der Waals surface area contributed by atoms with Gasteiger partial charge in [-0.1, -0.05) is 53.5 Å². The zero-order valence-electron chi connectivity index (χ0n) is 14.4. The van der Waals surface area contributed by atoms with Gasteiger partial charge in [0.15, 0.2) is 0 Å². The molecule has 136 valence electrons. The lowest BCUT2D eigenvalue weighted by Gasteiger charge is -2.01. The number of hydrogen-bond donors (Lipinski definition) is 0. The normalized spacial score (nSPS) is 11.4. The van der Waals surface area contributed by atoms with Crippen molar-refractivity contribution in [2.75, 3.05) is 0 Å². The Hall–Kier alpha value is -2.84. The molecule has 0 spiro atoms. The van der Waals surface area contributed by atoms with Gasteiger partial charge in [-0.3, -0.25) is 0 Å². The predicted octanol–water partition coefficient (Wildman–Crippen LogP) is 7.44. The summed E-state index contributed by atoms with van der Waals surface area (Å²) in [6.07, 6.45) is 1.68. The zero-order chi connectivity index (χ0) is 19.5. The molecule has 0 N–H and O–H groups in total. The number of halogens is 2. The minimum Gasteiger partial charge on any atom is -0.457 e. The first-order valence-corrected chi connectivity index (χ1v) is 9.96. The average Bonchev–Trinajstić information content (AvgIpc) is 3.38. The fourth-order valence-electron chi connectivity index (χ4n) is 2.68. The van der Waals surface area contributed by atoms with Crippen LogP contribution >= 0.6 is 34.5 Å². The van der Waals surface area contributed by atoms with Gasteiger partial charge in [0.05, 0.1) is 16.3 Å². The Kier molecular flexibility index (Phi) is 5.31. The lowest BCUT2D eigenvalue weighted by Crippen LogP contribution is -1.82. The molecule has 0 fully saturated rings. The van der Waals surface area contributed by atoms with Crippen molar-refractivity contribution in [3.8, 4) is 28.7 Å². The predicted molar refractivity (Wildman–Crippen MR) is 115 cm³/mol. The first kappa shape index (κ1) is 18.5. The summed E-state index contributed by atoms with van der Waals surface area (Å²) in [5.74, 6) is 1.12. The molecule has 4 rings (SSSR count). The molecule has 0 bridgehead atoms. The molecule has 0 saturated heterocycles. The molecule has 0 saturated carbocycles. The summed E-state index contributed by atoms with van der Waals surface area (Å²) in [5.41, 5.74) is 2.99. The lowest BCUT2D eigenvalue weighted by molar-refractivity contribution is 0.572. The van der Waals surface area contributed by atoms with Crippen LogP contribution in [0.15, 0.2) is 70.5 Å². The van der Waals surface area contributed by atoms with E-state index in [2.05, 4.69) is 11.1 Å². The Morgan fingerprint density at radius 3 is 2.68 bits per heavy atom. The van der Waals surface area contributed by atoms with Crippen LogP contribution in [0.25, 0.3) is 34.2 Å². The van der Waals surface area contributed by atoms with Crippen LogP contribution in [0.2, 0.25) is 10.0 Å². The molecule has 0 aliphatic carbocycles. The fraction of sp³-hybridized carbons (Fsp3) is 0. The van der Waals surface area contributed by atoms with Crippen LogP contribution in [0.3, 0.4) is 0 Å². The Morgan fingerprint density at radius 2 is 1.89 bits per heavy atom. The second-order valence-corrected chi connectivity index (χ2v) is 7.60. The zero-order valence-corrected chi connectivity index (χ0v) is 16.7. The smallest absolute Gasteiger partial charge is 0.136 e. The average molecular weight is 423 g/mol. The SMILES string of the molecule is N#CC(=Cc1ccc(-c2cc(Cl)ccc2Cl)o1)c1nc(-c2ccccc2)cs1. The fourth-order valence-corrected chi connectivity index (χ4v) is 3.86. The van der Waals surface area contributed by atoms with E-state index < -0.39 is 0 Å². The van der Waals surface area contributed by atoms with Gasteiger partial charge in [0.25, 0.3) is 0 Å². The van der Waals surface area contributed by atoms with Crippen molar-refractivity contribution >= 4 is 46.2 Å². The van der Waals surface area contributed by atoms with Crippen LogP contribution in [0.4, 0.5) is 0 Å². The van der Waals surface area contributed by atoms with E-state index in [0.29, 0.717) is 37.7 Å². The van der Waals surface area contributed by atoms with Crippen molar-refractivity contribution in [3.05, 3.63) is 86.9 Å². The highest BCUT2D eigenvalue weighted by molar-refractivity contribution is 7.11. The Bertz CT molecular complexity index is 1200. The quantitative estimate of drug-likeness (QED) is 0.321. The minimum absolute atomic E-state index is 0.435. The Labute approximate surface area is 176 Å². The molecule has 0 atom stereocenters. The van der Waals surface area contributed by atoms with E-state index >= 15 is 0 Å². The van der Waals surface area contributed by atoms with Gasteiger partial charge in [0, 0.05) is 27.6 Å². The number of furan rings is 1. The minimum atomic E-state index is 0.435. The number of nitriles is 1. The van der Waals surface area contributed by atoms with E-state index in [1.807, 2.05) is 35.7 Å². The van der Waals surface area contributed by atoms with E-state index in [1.54, 1.807) is 36.4 Å². The molecule has 2 aromatic heterocycles. The summed E-state index contributed by atoms with van der Waals surface area (Å²) in [6.45, 7) is 0. The molecule has 2 aromatic carbocycles. The second kappa shape index (κ2) is 8.04. The number of hydrogen-bond acceptors (Lipinski definition) is 4. The largest absolute Gasteiger partial charge is 0.457 e. The van der Waals surface area contributed by atoms with E-state index in [-0.39, 0.29) is 0 Å². The topological polar surface area (TPSA) is 49.8 Å². The van der Waals surface area contributed by atoms with Gasteiger partial charge in [-0.25, -0.2) is 4.98 Å². The van der Waals surface area contributed by atoms with Crippen molar-refractivity contribution < 1.29 is 4.42 Å². The molecule has 28 heavy (non-hydrogen) atoms. The monoisotopic (exact) mass is 422 g/mol.